The Labute approximate surface area is 624 Å². The molecule has 0 saturated heterocycles. The molecule has 0 unspecified atom stereocenters. The number of hydrogen-bond donors (Lipinski definition) is 0. The molecule has 30 heteroatoms. The van der Waals surface area contributed by atoms with Gasteiger partial charge in [-0.1, -0.05) is 126 Å². The summed E-state index contributed by atoms with van der Waals surface area (Å²) in [7, 11) is 9.51. The van der Waals surface area contributed by atoms with Crippen LogP contribution in [0.25, 0.3) is 45.0 Å². The molecule has 4 aromatic carbocycles. The molecule has 0 saturated carbocycles. The zero-order valence-corrected chi connectivity index (χ0v) is 59.9. The third-order valence-electron chi connectivity index (χ3n) is 15.7. The third-order valence-corrected chi connectivity index (χ3v) is 15.7. The van der Waals surface area contributed by atoms with Gasteiger partial charge in [0.05, 0.1) is 11.4 Å². The summed E-state index contributed by atoms with van der Waals surface area (Å²) in [6, 6.07) is 61.8. The van der Waals surface area contributed by atoms with Crippen LogP contribution in [-0.2, 0) is 60.6 Å². The number of ether oxygens (including phenoxy) is 1. The maximum Gasteiger partial charge on any atom is 2.00 e. The van der Waals surface area contributed by atoms with Crippen molar-refractivity contribution in [2.75, 3.05) is 59.7 Å². The quantitative estimate of drug-likeness (QED) is 0.0358. The van der Waals surface area contributed by atoms with Gasteiger partial charge in [0.2, 0.25) is 24.8 Å². The summed E-state index contributed by atoms with van der Waals surface area (Å²) in [6.07, 6.45) is 14.3. The van der Waals surface area contributed by atoms with Crippen LogP contribution in [0.4, 0.5) is 97.7 Å². The van der Waals surface area contributed by atoms with E-state index in [1.807, 2.05) is 163 Å². The molecule has 16 rings (SSSR count). The van der Waals surface area contributed by atoms with Crippen LogP contribution in [0.5, 0.6) is 11.5 Å². The first kappa shape index (κ1) is 71.7. The van der Waals surface area contributed by atoms with Gasteiger partial charge >= 0.3 is 39.1 Å². The Morgan fingerprint density at radius 1 is 0.437 bits per heavy atom. The van der Waals surface area contributed by atoms with Gasteiger partial charge < -0.3 is 44.1 Å². The Kier molecular flexibility index (Phi) is 20.5. The van der Waals surface area contributed by atoms with Gasteiger partial charge in [-0.05, 0) is 79.5 Å². The van der Waals surface area contributed by atoms with Gasteiger partial charge in [0.25, 0.3) is 11.4 Å². The molecule has 12 heterocycles. The fourth-order valence-corrected chi connectivity index (χ4v) is 11.1. The Morgan fingerprint density at radius 3 is 1.45 bits per heavy atom. The first-order chi connectivity index (χ1) is 48.4. The zero-order valence-electron chi connectivity index (χ0n) is 53.6. The molecule has 0 N–H and O–H groups in total. The second kappa shape index (κ2) is 29.5. The van der Waals surface area contributed by atoms with Gasteiger partial charge in [0.15, 0.2) is 21.1 Å². The fraction of sp³-hybridized carbons (Fsp3) is 0.0685. The number of fused-ring (bicyclic) bond motifs is 2. The van der Waals surface area contributed by atoms with Crippen LogP contribution in [0.2, 0.25) is 0 Å². The van der Waals surface area contributed by atoms with Crippen LogP contribution < -0.4 is 33.8 Å². The van der Waals surface area contributed by atoms with Crippen molar-refractivity contribution in [3.8, 4) is 56.5 Å². The Bertz CT molecular complexity index is 5440. The van der Waals surface area contributed by atoms with Crippen molar-refractivity contribution in [1.82, 2.24) is 39.4 Å². The van der Waals surface area contributed by atoms with E-state index in [0.29, 0.717) is 34.1 Å². The Hall–Kier alpha value is -11.1. The van der Waals surface area contributed by atoms with E-state index in [-0.39, 0.29) is 123 Å². The van der Waals surface area contributed by atoms with Gasteiger partial charge in [-0.3, -0.25) is 26.0 Å². The van der Waals surface area contributed by atoms with E-state index < -0.39 is 47.6 Å². The number of rotatable bonds is 13. The van der Waals surface area contributed by atoms with Crippen molar-refractivity contribution in [1.29, 1.82) is 0 Å². The van der Waals surface area contributed by atoms with Crippen LogP contribution in [0.1, 0.15) is 0 Å². The fourth-order valence-electron chi connectivity index (χ4n) is 11.1. The predicted octanol–water partition coefficient (Wildman–Crippen LogP) is 12.9. The minimum absolute atomic E-state index is 0. The average molecular weight is 1830 g/mol. The standard InChI is InChI=1S/C58H38F4N15O.C15H5F4N3.Ir.Pt.Rh/c1-66-19-22-71(32-66)46-30-53(50(73-24-21-68(3)34-73)28-48(46)76-35-69(4)42-13-6-8-15-44(42)76)78-54-31-47(72-23-20-67(2)33-72)49(77-36-70(5)43-14-7-9-16-45(43)77)29-51(54)74-25-26-75(37-74)52-27-39(57(61)65-58(52)62)41-12-10-11-40(63-41)38-17-18-55(59)64-56(38)60;16-12-6-4-8(14(18)21-12)10-2-1-3-11(20-10)9-5-7-13(17)22-15(9)19;;;/h6-16,18-26,34,36-37H,1-5H3;1-3,6-7H;;;/q-3;-2;;+2;. The molecule has 0 spiro atoms. The molecule has 0 aliphatic carbocycles. The monoisotopic (exact) mass is 1830 g/mol. The van der Waals surface area contributed by atoms with Crippen molar-refractivity contribution in [3.05, 3.63) is 269 Å². The molecule has 103 heavy (non-hydrogen) atoms. The number of anilines is 6. The van der Waals surface area contributed by atoms with Gasteiger partial charge in [0.1, 0.15) is 47.6 Å². The van der Waals surface area contributed by atoms with E-state index in [2.05, 4.69) is 96.5 Å². The molecule has 518 valence electrons. The minimum Gasteiger partial charge on any atom is -0.620 e. The number of halogens is 8. The summed E-state index contributed by atoms with van der Waals surface area (Å²) < 4.78 is 131. The maximum atomic E-state index is 16.1. The number of pyridine rings is 6. The van der Waals surface area contributed by atoms with E-state index in [9.17, 15) is 26.3 Å². The van der Waals surface area contributed by atoms with E-state index in [1.54, 1.807) is 29.4 Å². The summed E-state index contributed by atoms with van der Waals surface area (Å²) in [6.45, 7) is 5.34. The van der Waals surface area contributed by atoms with Gasteiger partial charge in [0, 0.05) is 68.8 Å². The van der Waals surface area contributed by atoms with Crippen LogP contribution in [0.15, 0.2) is 153 Å². The normalized spacial score (nSPS) is 14.3. The van der Waals surface area contributed by atoms with E-state index in [1.165, 1.54) is 54.2 Å². The molecule has 2 radical (unpaired) electrons. The maximum absolute atomic E-state index is 16.1. The van der Waals surface area contributed by atoms with Crippen molar-refractivity contribution in [2.24, 2.45) is 0 Å². The number of benzene rings is 4. The molecular formula is C73H43F8IrN18OPtRh-3. The topological polar surface area (TPSA) is 124 Å². The van der Waals surface area contributed by atoms with Crippen LogP contribution in [0, 0.1) is 116 Å². The number of hydrogen-bond acceptors (Lipinski definition) is 13. The second-order valence-electron chi connectivity index (χ2n) is 22.4. The van der Waals surface area contributed by atoms with Crippen molar-refractivity contribution < 1.29 is 123 Å². The van der Waals surface area contributed by atoms with Crippen LogP contribution in [-0.4, -0.2) is 111 Å². The third kappa shape index (κ3) is 14.1. The molecule has 6 aliphatic rings. The molecule has 19 nitrogen and oxygen atoms in total. The largest absolute Gasteiger partial charge is 2.00 e. The SMILES string of the molecule is CN1C=CN(c2[c-]c([N+]3=C=[N+](C)c4ccccc43)c([N+]3=C=[N+](C)C=C3)[c-]c2Oc2[c-]c([N+]3=C=[N+](C)C=C3)c(N3[CH-]N(C)c4ccccc43)[c-]c2N2C=CN(c3[c-]c(-c4cccc(-c5[c-]cc(F)nc5F)n4)c(F)nc3F)[CH-]2)[CH-]1.Fc1c[c-]c(-c2cccc(-c3[c-]cc(F)nc3F)n2)c(F)n1.[Ir].[Pt+2].[Rh]. The Morgan fingerprint density at radius 2 is 0.913 bits per heavy atom. The van der Waals surface area contributed by atoms with E-state index in [4.69, 9.17) is 4.74 Å². The molecule has 6 aromatic heterocycles. The molecule has 0 fully saturated rings. The second-order valence-corrected chi connectivity index (χ2v) is 22.4. The average Bonchev–Trinajstić information content (AvgIpc) is 1.73. The number of para-hydroxylation sites is 4. The number of nitrogens with zero attached hydrogens (tertiary/aromatic N) is 18. The van der Waals surface area contributed by atoms with Gasteiger partial charge in [-0.2, -0.15) is 43.5 Å². The molecule has 0 atom stereocenters. The molecular weight excluding hydrogens is 1790 g/mol. The first-order valence-corrected chi connectivity index (χ1v) is 30.0. The summed E-state index contributed by atoms with van der Waals surface area (Å²) in [4.78, 5) is 32.1. The van der Waals surface area contributed by atoms with Crippen molar-refractivity contribution in [3.63, 3.8) is 0 Å². The molecule has 6 aliphatic heterocycles. The minimum atomic E-state index is -1.22. The van der Waals surface area contributed by atoms with Crippen molar-refractivity contribution >= 4 is 80.6 Å². The van der Waals surface area contributed by atoms with E-state index >= 15 is 8.78 Å². The first-order valence-electron chi connectivity index (χ1n) is 30.0. The summed E-state index contributed by atoms with van der Waals surface area (Å²) >= 11 is 0. The smallest absolute Gasteiger partial charge is 0.620 e. The molecule has 10 aromatic rings. The van der Waals surface area contributed by atoms with Crippen LogP contribution in [0.3, 0.4) is 0 Å². The zero-order chi connectivity index (χ0) is 69.2. The summed E-state index contributed by atoms with van der Waals surface area (Å²) in [5.41, 5.74) is 5.32. The van der Waals surface area contributed by atoms with Gasteiger partial charge in [-0.25, -0.2) is 41.2 Å². The predicted molar refractivity (Wildman–Crippen MR) is 347 cm³/mol. The summed E-state index contributed by atoms with van der Waals surface area (Å²) in [5, 5.41) is 0. The van der Waals surface area contributed by atoms with E-state index in [0.717, 1.165) is 40.9 Å². The number of aromatic nitrogens is 6. The summed E-state index contributed by atoms with van der Waals surface area (Å²) in [5.74, 6) is -8.51. The Balaban J connectivity index is 0.000000342. The molecule has 0 amide bonds. The van der Waals surface area contributed by atoms with Gasteiger partial charge in [-0.15, -0.1) is 43.7 Å². The molecule has 0 bridgehead atoms. The van der Waals surface area contributed by atoms with Crippen LogP contribution >= 0.6 is 0 Å². The van der Waals surface area contributed by atoms with Crippen molar-refractivity contribution in [2.45, 2.75) is 0 Å².